The maximum absolute atomic E-state index is 11.7. The largest absolute Gasteiger partial charge is 0.343 e. The van der Waals surface area contributed by atoms with Crippen LogP contribution in [0.4, 0.5) is 0 Å². The van der Waals surface area contributed by atoms with Crippen LogP contribution in [0.5, 0.6) is 0 Å². The van der Waals surface area contributed by atoms with E-state index in [1.165, 1.54) is 12.1 Å². The van der Waals surface area contributed by atoms with Crippen LogP contribution >= 0.6 is 23.2 Å². The molecule has 0 heterocycles. The number of carbonyl (C=O) groups excluding carboxylic acids is 2. The molecule has 2 amide bonds. The van der Waals surface area contributed by atoms with Crippen LogP contribution in [0, 0.1) is 5.92 Å². The fourth-order valence-electron chi connectivity index (χ4n) is 1.18. The Balaban J connectivity index is 0.000000980. The molecule has 0 spiro atoms. The molecule has 5 nitrogen and oxygen atoms in total. The molecule has 0 bridgehead atoms. The van der Waals surface area contributed by atoms with Gasteiger partial charge < -0.3 is 16.0 Å². The molecule has 0 aliphatic heterocycles. The van der Waals surface area contributed by atoms with Crippen LogP contribution in [0.3, 0.4) is 0 Å². The molecule has 0 unspecified atom stereocenters. The number of nitrogens with one attached hydrogen (secondary N) is 3. The Bertz CT molecular complexity index is 491. The van der Waals surface area contributed by atoms with E-state index in [4.69, 9.17) is 23.2 Å². The average Bonchev–Trinajstić information content (AvgIpc) is 2.44. The van der Waals surface area contributed by atoms with Gasteiger partial charge in [-0.3, -0.25) is 9.59 Å². The van der Waals surface area contributed by atoms with Crippen molar-refractivity contribution >= 4 is 35.0 Å². The Labute approximate surface area is 141 Å². The molecular formula is C15H23Cl2N3O2. The highest BCUT2D eigenvalue weighted by molar-refractivity contribution is 6.35. The predicted octanol–water partition coefficient (Wildman–Crippen LogP) is 2.68. The standard InChI is InChI=1S/C11H13Cl2N3O2.C4H10/c1-14-6-16-10(17)5-15-11(18)8-4-7(12)2-3-9(8)13;1-4(2)3/h2-4,14H,5-6H2,1H3,(H,15,18)(H,16,17);4H,1-3H3. The number of benzene rings is 1. The van der Waals surface area contributed by atoms with Crippen LogP contribution < -0.4 is 16.0 Å². The summed E-state index contributed by atoms with van der Waals surface area (Å²) < 4.78 is 0. The molecule has 0 aliphatic rings. The second-order valence-electron chi connectivity index (χ2n) is 5.17. The van der Waals surface area contributed by atoms with Gasteiger partial charge in [-0.25, -0.2) is 0 Å². The van der Waals surface area contributed by atoms with Crippen molar-refractivity contribution in [3.63, 3.8) is 0 Å². The fraction of sp³-hybridized carbons (Fsp3) is 0.467. The van der Waals surface area contributed by atoms with Gasteiger partial charge in [0.05, 0.1) is 23.8 Å². The van der Waals surface area contributed by atoms with Crippen molar-refractivity contribution in [3.05, 3.63) is 33.8 Å². The summed E-state index contributed by atoms with van der Waals surface area (Å²) in [5, 5.41) is 8.44. The van der Waals surface area contributed by atoms with Crippen molar-refractivity contribution in [2.24, 2.45) is 5.92 Å². The third-order valence-corrected chi connectivity index (χ3v) is 2.61. The normalized spacial score (nSPS) is 9.77. The van der Waals surface area contributed by atoms with Crippen molar-refractivity contribution in [1.82, 2.24) is 16.0 Å². The molecule has 22 heavy (non-hydrogen) atoms. The van der Waals surface area contributed by atoms with Crippen LogP contribution in [0.2, 0.25) is 10.0 Å². The van der Waals surface area contributed by atoms with Gasteiger partial charge in [0, 0.05) is 5.02 Å². The van der Waals surface area contributed by atoms with Gasteiger partial charge in [0.15, 0.2) is 0 Å². The lowest BCUT2D eigenvalue weighted by Gasteiger charge is -2.07. The summed E-state index contributed by atoms with van der Waals surface area (Å²) in [4.78, 5) is 23.0. The van der Waals surface area contributed by atoms with Gasteiger partial charge >= 0.3 is 0 Å². The molecule has 124 valence electrons. The molecule has 1 aromatic carbocycles. The summed E-state index contributed by atoms with van der Waals surface area (Å²) in [6.45, 7) is 6.72. The van der Waals surface area contributed by atoms with E-state index >= 15 is 0 Å². The third-order valence-electron chi connectivity index (χ3n) is 2.04. The quantitative estimate of drug-likeness (QED) is 0.717. The van der Waals surface area contributed by atoms with E-state index in [0.29, 0.717) is 11.7 Å². The molecule has 0 saturated heterocycles. The smallest absolute Gasteiger partial charge is 0.253 e. The van der Waals surface area contributed by atoms with Gasteiger partial charge in [-0.2, -0.15) is 0 Å². The molecule has 1 rings (SSSR count). The molecular weight excluding hydrogens is 325 g/mol. The van der Waals surface area contributed by atoms with Crippen molar-refractivity contribution in [3.8, 4) is 0 Å². The van der Waals surface area contributed by atoms with Crippen LogP contribution in [0.15, 0.2) is 18.2 Å². The van der Waals surface area contributed by atoms with E-state index in [1.54, 1.807) is 13.1 Å². The number of amides is 2. The second-order valence-corrected chi connectivity index (χ2v) is 6.01. The fourth-order valence-corrected chi connectivity index (χ4v) is 1.55. The number of carbonyl (C=O) groups is 2. The predicted molar refractivity (Wildman–Crippen MR) is 91.4 cm³/mol. The first-order chi connectivity index (χ1) is 10.3. The van der Waals surface area contributed by atoms with Crippen LogP contribution in [0.25, 0.3) is 0 Å². The van der Waals surface area contributed by atoms with E-state index in [2.05, 4.69) is 36.7 Å². The van der Waals surface area contributed by atoms with Crippen LogP contribution in [0.1, 0.15) is 31.1 Å². The SMILES string of the molecule is CC(C)C.CNCNC(=O)CNC(=O)c1cc(Cl)ccc1Cl. The van der Waals surface area contributed by atoms with E-state index in [1.807, 2.05) is 0 Å². The first kappa shape index (κ1) is 20.7. The van der Waals surface area contributed by atoms with Crippen molar-refractivity contribution in [2.75, 3.05) is 20.3 Å². The summed E-state index contributed by atoms with van der Waals surface area (Å²) >= 11 is 11.6. The zero-order valence-corrected chi connectivity index (χ0v) is 14.8. The highest BCUT2D eigenvalue weighted by Gasteiger charge is 2.11. The summed E-state index contributed by atoms with van der Waals surface area (Å²) in [5.41, 5.74) is 0.241. The van der Waals surface area contributed by atoms with Crippen molar-refractivity contribution in [1.29, 1.82) is 0 Å². The zero-order valence-electron chi connectivity index (χ0n) is 13.3. The van der Waals surface area contributed by atoms with Gasteiger partial charge in [-0.15, -0.1) is 0 Å². The second kappa shape index (κ2) is 11.3. The molecule has 0 radical (unpaired) electrons. The molecule has 3 N–H and O–H groups in total. The van der Waals surface area contributed by atoms with E-state index in [0.717, 1.165) is 5.92 Å². The zero-order chi connectivity index (χ0) is 17.1. The lowest BCUT2D eigenvalue weighted by molar-refractivity contribution is -0.120. The Morgan fingerprint density at radius 2 is 1.73 bits per heavy atom. The summed E-state index contributed by atoms with van der Waals surface area (Å²) in [6, 6.07) is 4.56. The molecule has 0 fully saturated rings. The Kier molecular flexibility index (Phi) is 10.6. The Morgan fingerprint density at radius 1 is 1.14 bits per heavy atom. The van der Waals surface area contributed by atoms with Crippen LogP contribution in [-0.4, -0.2) is 32.1 Å². The Morgan fingerprint density at radius 3 is 2.27 bits per heavy atom. The third kappa shape index (κ3) is 9.60. The molecule has 0 aromatic heterocycles. The first-order valence-corrected chi connectivity index (χ1v) is 7.68. The minimum absolute atomic E-state index is 0.122. The summed E-state index contributed by atoms with van der Waals surface area (Å²) in [7, 11) is 1.70. The number of hydrogen-bond donors (Lipinski definition) is 3. The summed E-state index contributed by atoms with van der Waals surface area (Å²) in [6.07, 6.45) is 0. The van der Waals surface area contributed by atoms with Gasteiger partial charge in [0.25, 0.3) is 5.91 Å². The lowest BCUT2D eigenvalue weighted by atomic mass is 10.2. The molecule has 0 atom stereocenters. The van der Waals surface area contributed by atoms with E-state index in [-0.39, 0.29) is 23.0 Å². The van der Waals surface area contributed by atoms with Crippen molar-refractivity contribution in [2.45, 2.75) is 20.8 Å². The topological polar surface area (TPSA) is 70.2 Å². The number of hydrogen-bond acceptors (Lipinski definition) is 3. The minimum atomic E-state index is -0.442. The number of rotatable bonds is 5. The highest BCUT2D eigenvalue weighted by atomic mass is 35.5. The number of halogens is 2. The average molecular weight is 348 g/mol. The maximum Gasteiger partial charge on any atom is 0.253 e. The molecule has 7 heteroatoms. The van der Waals surface area contributed by atoms with Gasteiger partial charge in [-0.1, -0.05) is 44.0 Å². The minimum Gasteiger partial charge on any atom is -0.343 e. The van der Waals surface area contributed by atoms with Crippen molar-refractivity contribution < 1.29 is 9.59 Å². The lowest BCUT2D eigenvalue weighted by Crippen LogP contribution is -2.40. The van der Waals surface area contributed by atoms with E-state index < -0.39 is 5.91 Å². The molecule has 0 aliphatic carbocycles. The maximum atomic E-state index is 11.7. The molecule has 1 aromatic rings. The van der Waals surface area contributed by atoms with Gasteiger partial charge in [0.1, 0.15) is 0 Å². The summed E-state index contributed by atoms with van der Waals surface area (Å²) in [5.74, 6) is 0.0953. The first-order valence-electron chi connectivity index (χ1n) is 6.92. The highest BCUT2D eigenvalue weighted by Crippen LogP contribution is 2.20. The van der Waals surface area contributed by atoms with E-state index in [9.17, 15) is 9.59 Å². The Hall–Kier alpha value is -1.30. The van der Waals surface area contributed by atoms with Crippen LogP contribution in [-0.2, 0) is 4.79 Å². The van der Waals surface area contributed by atoms with Gasteiger partial charge in [-0.05, 0) is 31.2 Å². The molecule has 0 saturated carbocycles. The monoisotopic (exact) mass is 347 g/mol. The van der Waals surface area contributed by atoms with Gasteiger partial charge in [0.2, 0.25) is 5.91 Å².